The van der Waals surface area contributed by atoms with Gasteiger partial charge in [-0.1, -0.05) is 72.8 Å². The van der Waals surface area contributed by atoms with Crippen LogP contribution in [0.1, 0.15) is 33.5 Å². The van der Waals surface area contributed by atoms with Crippen LogP contribution in [-0.2, 0) is 33.5 Å². The second kappa shape index (κ2) is 17.6. The lowest BCUT2D eigenvalue weighted by Crippen LogP contribution is -2.55. The van der Waals surface area contributed by atoms with E-state index in [4.69, 9.17) is 0 Å². The van der Waals surface area contributed by atoms with Gasteiger partial charge >= 0.3 is 6.18 Å². The lowest BCUT2D eigenvalue weighted by molar-refractivity contribution is -0.138. The molecular weight excluding hydrogens is 711 g/mol. The molecule has 5 aromatic rings. The number of fused-ring (bicyclic) bond motifs is 2. The number of nitrogens with zero attached hydrogens (tertiary/aromatic N) is 2. The maximum Gasteiger partial charge on any atom is 0.416 e. The van der Waals surface area contributed by atoms with Crippen molar-refractivity contribution in [2.24, 2.45) is 0 Å². The number of amides is 4. The second-order valence-electron chi connectivity index (χ2n) is 13.8. The average molecular weight is 756 g/mol. The summed E-state index contributed by atoms with van der Waals surface area (Å²) < 4.78 is 39.6. The van der Waals surface area contributed by atoms with Gasteiger partial charge in [0, 0.05) is 76.4 Å². The van der Waals surface area contributed by atoms with Gasteiger partial charge in [-0.15, -0.1) is 0 Å². The smallest absolute Gasteiger partial charge is 0.360 e. The summed E-state index contributed by atoms with van der Waals surface area (Å²) in [5.74, 6) is -2.29. The number of hydrogen-bond donors (Lipinski definition) is 5. The Morgan fingerprint density at radius 2 is 1.53 bits per heavy atom. The standard InChI is InChI=1S/C41H44F3N7O4/c1-50(26-27-11-14-31(15-12-27)41(42,43)44)40(55)36(23-28-10-13-29-6-2-3-7-30(29)22-28)49-39(54)35(24-37(52)46-18-21-51-19-16-45-17-20-51)48-38(53)33-25-47-34-9-5-4-8-32(33)34/h2-15,22,25,35-36,45,47H,16-21,23-24,26H2,1H3,(H,46,52)(H,48,53)(H,49,54)/t35-,36-/m0/s1. The Morgan fingerprint density at radius 1 is 0.836 bits per heavy atom. The van der Waals surface area contributed by atoms with E-state index in [2.05, 4.69) is 31.2 Å². The number of benzene rings is 4. The molecule has 0 aliphatic carbocycles. The van der Waals surface area contributed by atoms with Gasteiger partial charge in [0.2, 0.25) is 17.7 Å². The first kappa shape index (κ1) is 39.0. The number of alkyl halides is 3. The third-order valence-electron chi connectivity index (χ3n) is 9.75. The van der Waals surface area contributed by atoms with Gasteiger partial charge in [0.15, 0.2) is 0 Å². The number of aromatic nitrogens is 1. The van der Waals surface area contributed by atoms with Crippen molar-refractivity contribution in [3.05, 3.63) is 119 Å². The summed E-state index contributed by atoms with van der Waals surface area (Å²) in [7, 11) is 1.50. The number of likely N-dealkylation sites (N-methyl/N-ethyl adjacent to an activating group) is 1. The summed E-state index contributed by atoms with van der Waals surface area (Å²) in [5.41, 5.74) is 1.40. The molecule has 0 radical (unpaired) electrons. The van der Waals surface area contributed by atoms with Gasteiger partial charge in [-0.05, 0) is 40.1 Å². The van der Waals surface area contributed by atoms with E-state index >= 15 is 0 Å². The Labute approximate surface area is 316 Å². The van der Waals surface area contributed by atoms with E-state index in [1.54, 1.807) is 12.1 Å². The molecule has 0 saturated carbocycles. The quantitative estimate of drug-likeness (QED) is 0.115. The minimum absolute atomic E-state index is 0.0305. The molecule has 1 aliphatic heterocycles. The molecule has 2 heterocycles. The summed E-state index contributed by atoms with van der Waals surface area (Å²) in [6.45, 7) is 4.35. The molecule has 4 amide bonds. The van der Waals surface area contributed by atoms with Crippen LogP contribution in [0.15, 0.2) is 97.2 Å². The average Bonchev–Trinajstić information content (AvgIpc) is 3.62. The lowest BCUT2D eigenvalue weighted by Gasteiger charge is -2.28. The summed E-state index contributed by atoms with van der Waals surface area (Å²) >= 11 is 0. The zero-order valence-electron chi connectivity index (χ0n) is 30.4. The molecule has 288 valence electrons. The number of rotatable bonds is 14. The number of halogens is 3. The Balaban J connectivity index is 1.23. The summed E-state index contributed by atoms with van der Waals surface area (Å²) in [6.07, 6.45) is -3.30. The van der Waals surface area contributed by atoms with Crippen LogP contribution in [0.25, 0.3) is 21.7 Å². The zero-order valence-corrected chi connectivity index (χ0v) is 30.4. The van der Waals surface area contributed by atoms with Crippen molar-refractivity contribution in [1.29, 1.82) is 0 Å². The van der Waals surface area contributed by atoms with Gasteiger partial charge in [-0.3, -0.25) is 24.1 Å². The molecule has 5 N–H and O–H groups in total. The third-order valence-corrected chi connectivity index (χ3v) is 9.75. The predicted octanol–water partition coefficient (Wildman–Crippen LogP) is 4.24. The first-order valence-corrected chi connectivity index (χ1v) is 18.2. The van der Waals surface area contributed by atoms with Crippen LogP contribution in [-0.4, -0.2) is 96.8 Å². The fourth-order valence-electron chi connectivity index (χ4n) is 6.74. The molecule has 0 spiro atoms. The molecule has 2 atom stereocenters. The van der Waals surface area contributed by atoms with Gasteiger partial charge in [-0.2, -0.15) is 13.2 Å². The number of nitrogens with one attached hydrogen (secondary N) is 5. The number of carbonyl (C=O) groups is 4. The molecule has 4 aromatic carbocycles. The van der Waals surface area contributed by atoms with Crippen LogP contribution < -0.4 is 21.3 Å². The highest BCUT2D eigenvalue weighted by Gasteiger charge is 2.32. The molecule has 11 nitrogen and oxygen atoms in total. The number of H-pyrrole nitrogens is 1. The van der Waals surface area contributed by atoms with Crippen molar-refractivity contribution < 1.29 is 32.3 Å². The van der Waals surface area contributed by atoms with E-state index in [9.17, 15) is 32.3 Å². The second-order valence-corrected chi connectivity index (χ2v) is 13.8. The van der Waals surface area contributed by atoms with E-state index in [1.165, 1.54) is 30.3 Å². The fraction of sp³-hybridized carbons (Fsp3) is 0.317. The van der Waals surface area contributed by atoms with Crippen LogP contribution in [0, 0.1) is 0 Å². The van der Waals surface area contributed by atoms with Crippen molar-refractivity contribution in [2.75, 3.05) is 46.3 Å². The lowest BCUT2D eigenvalue weighted by atomic mass is 10.00. The van der Waals surface area contributed by atoms with E-state index in [0.717, 1.165) is 60.2 Å². The van der Waals surface area contributed by atoms with Gasteiger partial charge in [0.25, 0.3) is 5.91 Å². The molecule has 1 aliphatic rings. The van der Waals surface area contributed by atoms with Crippen molar-refractivity contribution in [3.63, 3.8) is 0 Å². The Kier molecular flexibility index (Phi) is 12.5. The normalized spacial score (nSPS) is 14.6. The van der Waals surface area contributed by atoms with E-state index in [-0.39, 0.29) is 24.9 Å². The highest BCUT2D eigenvalue weighted by molar-refractivity contribution is 6.08. The van der Waals surface area contributed by atoms with Crippen LogP contribution in [0.2, 0.25) is 0 Å². The number of para-hydroxylation sites is 1. The van der Waals surface area contributed by atoms with Crippen LogP contribution in [0.5, 0.6) is 0 Å². The minimum atomic E-state index is -4.50. The molecule has 1 aromatic heterocycles. The minimum Gasteiger partial charge on any atom is -0.360 e. The molecule has 1 fully saturated rings. The number of carbonyl (C=O) groups excluding carboxylic acids is 4. The van der Waals surface area contributed by atoms with Crippen LogP contribution in [0.3, 0.4) is 0 Å². The van der Waals surface area contributed by atoms with Gasteiger partial charge in [0.1, 0.15) is 12.1 Å². The maximum absolute atomic E-state index is 14.2. The maximum atomic E-state index is 14.2. The van der Waals surface area contributed by atoms with E-state index < -0.39 is 47.5 Å². The predicted molar refractivity (Wildman–Crippen MR) is 204 cm³/mol. The van der Waals surface area contributed by atoms with Gasteiger partial charge in [-0.25, -0.2) is 0 Å². The van der Waals surface area contributed by atoms with Gasteiger partial charge in [0.05, 0.1) is 17.5 Å². The van der Waals surface area contributed by atoms with Crippen LogP contribution >= 0.6 is 0 Å². The zero-order chi connectivity index (χ0) is 39.0. The van der Waals surface area contributed by atoms with E-state index in [1.807, 2.05) is 54.6 Å². The molecule has 55 heavy (non-hydrogen) atoms. The Morgan fingerprint density at radius 3 is 2.27 bits per heavy atom. The van der Waals surface area contributed by atoms with Crippen molar-refractivity contribution in [2.45, 2.75) is 37.6 Å². The highest BCUT2D eigenvalue weighted by Crippen LogP contribution is 2.29. The Hall–Kier alpha value is -5.73. The topological polar surface area (TPSA) is 139 Å². The monoisotopic (exact) mass is 755 g/mol. The highest BCUT2D eigenvalue weighted by atomic mass is 19.4. The molecule has 0 unspecified atom stereocenters. The summed E-state index contributed by atoms with van der Waals surface area (Å²) in [4.78, 5) is 61.9. The molecule has 0 bridgehead atoms. The van der Waals surface area contributed by atoms with Crippen molar-refractivity contribution in [3.8, 4) is 0 Å². The molecule has 1 saturated heterocycles. The first-order chi connectivity index (χ1) is 26.4. The summed E-state index contributed by atoms with van der Waals surface area (Å²) in [5, 5.41) is 14.2. The fourth-order valence-corrected chi connectivity index (χ4v) is 6.74. The Bertz CT molecular complexity index is 2130. The van der Waals surface area contributed by atoms with Crippen molar-refractivity contribution >= 4 is 45.3 Å². The first-order valence-electron chi connectivity index (χ1n) is 18.2. The molecule has 6 rings (SSSR count). The SMILES string of the molecule is CN(Cc1ccc(C(F)(F)F)cc1)C(=O)[C@H](Cc1ccc2ccccc2c1)NC(=O)[C@H](CC(=O)NCCN1CCNCC1)NC(=O)c1c[nH]c2ccccc12. The van der Waals surface area contributed by atoms with Gasteiger partial charge < -0.3 is 31.2 Å². The summed E-state index contributed by atoms with van der Waals surface area (Å²) in [6, 6.07) is 22.6. The van der Waals surface area contributed by atoms with E-state index in [0.29, 0.717) is 24.0 Å². The van der Waals surface area contributed by atoms with Crippen molar-refractivity contribution in [1.82, 2.24) is 36.1 Å². The molecule has 14 heteroatoms. The number of piperazine rings is 1. The number of aromatic amines is 1. The largest absolute Gasteiger partial charge is 0.416 e. The number of hydrogen-bond acceptors (Lipinski definition) is 6. The molecular formula is C41H44F3N7O4. The van der Waals surface area contributed by atoms with Crippen LogP contribution in [0.4, 0.5) is 13.2 Å². The third kappa shape index (κ3) is 10.3.